The number of carbonyl (C=O) groups excluding carboxylic acids is 1. The topological polar surface area (TPSA) is 54.9 Å². The minimum atomic E-state index is 0.152. The Kier molecular flexibility index (Phi) is 7.77. The molecule has 0 saturated heterocycles. The van der Waals surface area contributed by atoms with Crippen molar-refractivity contribution in [1.29, 1.82) is 0 Å². The van der Waals surface area contributed by atoms with Crippen LogP contribution in [0.1, 0.15) is 51.1 Å². The van der Waals surface area contributed by atoms with E-state index in [4.69, 9.17) is 0 Å². The second-order valence-corrected chi connectivity index (χ2v) is 4.42. The van der Waals surface area contributed by atoms with Gasteiger partial charge in [0.1, 0.15) is 6.33 Å². The van der Waals surface area contributed by atoms with E-state index in [2.05, 4.69) is 15.3 Å². The number of hydrogen-bond donors (Lipinski definition) is 1. The smallest absolute Gasteiger partial charge is 0.219 e. The molecule has 100 valence electrons. The molecule has 1 N–H and O–H groups in total. The van der Waals surface area contributed by atoms with Crippen molar-refractivity contribution >= 4 is 5.91 Å². The summed E-state index contributed by atoms with van der Waals surface area (Å²) < 4.78 is 0. The van der Waals surface area contributed by atoms with Gasteiger partial charge in [0, 0.05) is 24.9 Å². The SMILES string of the molecule is CCC(=O)NCCCCCCCc1ccncn1. The van der Waals surface area contributed by atoms with Gasteiger partial charge in [0.25, 0.3) is 0 Å². The second kappa shape index (κ2) is 9.57. The van der Waals surface area contributed by atoms with E-state index in [0.717, 1.165) is 25.1 Å². The Morgan fingerprint density at radius 2 is 2.00 bits per heavy atom. The van der Waals surface area contributed by atoms with Gasteiger partial charge in [-0.3, -0.25) is 4.79 Å². The summed E-state index contributed by atoms with van der Waals surface area (Å²) in [5, 5.41) is 2.89. The molecule has 0 unspecified atom stereocenters. The zero-order valence-electron chi connectivity index (χ0n) is 11.2. The Hall–Kier alpha value is -1.45. The monoisotopic (exact) mass is 249 g/mol. The van der Waals surface area contributed by atoms with Gasteiger partial charge in [0.15, 0.2) is 0 Å². The van der Waals surface area contributed by atoms with Gasteiger partial charge in [-0.15, -0.1) is 0 Å². The molecular weight excluding hydrogens is 226 g/mol. The third-order valence-electron chi connectivity index (χ3n) is 2.90. The van der Waals surface area contributed by atoms with Gasteiger partial charge < -0.3 is 5.32 Å². The van der Waals surface area contributed by atoms with Gasteiger partial charge in [-0.25, -0.2) is 9.97 Å². The molecule has 0 aliphatic carbocycles. The summed E-state index contributed by atoms with van der Waals surface area (Å²) in [5.41, 5.74) is 1.13. The van der Waals surface area contributed by atoms with Crippen molar-refractivity contribution in [1.82, 2.24) is 15.3 Å². The number of hydrogen-bond acceptors (Lipinski definition) is 3. The maximum atomic E-state index is 11.0. The lowest BCUT2D eigenvalue weighted by molar-refractivity contribution is -0.120. The van der Waals surface area contributed by atoms with Crippen LogP contribution in [-0.4, -0.2) is 22.4 Å². The van der Waals surface area contributed by atoms with Gasteiger partial charge in [0.05, 0.1) is 0 Å². The van der Waals surface area contributed by atoms with E-state index in [1.807, 2.05) is 13.0 Å². The molecule has 0 spiro atoms. The zero-order valence-corrected chi connectivity index (χ0v) is 11.2. The van der Waals surface area contributed by atoms with E-state index in [-0.39, 0.29) is 5.91 Å². The van der Waals surface area contributed by atoms with E-state index in [1.165, 1.54) is 25.7 Å². The number of amides is 1. The molecule has 0 bridgehead atoms. The Morgan fingerprint density at radius 3 is 2.72 bits per heavy atom. The van der Waals surface area contributed by atoms with Crippen molar-refractivity contribution < 1.29 is 4.79 Å². The highest BCUT2D eigenvalue weighted by atomic mass is 16.1. The van der Waals surface area contributed by atoms with E-state index in [9.17, 15) is 4.79 Å². The summed E-state index contributed by atoms with van der Waals surface area (Å²) in [5.74, 6) is 0.152. The maximum Gasteiger partial charge on any atom is 0.219 e. The Morgan fingerprint density at radius 1 is 1.22 bits per heavy atom. The van der Waals surface area contributed by atoms with Crippen LogP contribution >= 0.6 is 0 Å². The van der Waals surface area contributed by atoms with E-state index >= 15 is 0 Å². The molecular formula is C14H23N3O. The normalized spacial score (nSPS) is 10.3. The fraction of sp³-hybridized carbons (Fsp3) is 0.643. The number of nitrogens with one attached hydrogen (secondary N) is 1. The van der Waals surface area contributed by atoms with Crippen LogP contribution in [0.4, 0.5) is 0 Å². The number of aromatic nitrogens is 2. The summed E-state index contributed by atoms with van der Waals surface area (Å²) in [4.78, 5) is 19.1. The molecule has 4 heteroatoms. The van der Waals surface area contributed by atoms with Crippen LogP contribution in [0.25, 0.3) is 0 Å². The average molecular weight is 249 g/mol. The molecule has 1 aromatic heterocycles. The number of carbonyl (C=O) groups is 1. The fourth-order valence-corrected chi connectivity index (χ4v) is 1.78. The van der Waals surface area contributed by atoms with Crippen molar-refractivity contribution in [2.24, 2.45) is 0 Å². The Labute approximate surface area is 109 Å². The second-order valence-electron chi connectivity index (χ2n) is 4.42. The first kappa shape index (κ1) is 14.6. The van der Waals surface area contributed by atoms with Crippen molar-refractivity contribution in [3.05, 3.63) is 24.3 Å². The van der Waals surface area contributed by atoms with Crippen molar-refractivity contribution in [2.75, 3.05) is 6.54 Å². The quantitative estimate of drug-likeness (QED) is 0.684. The average Bonchev–Trinajstić information content (AvgIpc) is 2.42. The van der Waals surface area contributed by atoms with Gasteiger partial charge in [-0.1, -0.05) is 26.2 Å². The summed E-state index contributed by atoms with van der Waals surface area (Å²) in [6.07, 6.45) is 10.9. The first-order chi connectivity index (χ1) is 8.83. The molecule has 1 rings (SSSR count). The molecule has 1 heterocycles. The molecule has 1 amide bonds. The van der Waals surface area contributed by atoms with Gasteiger partial charge >= 0.3 is 0 Å². The molecule has 1 aromatic rings. The third kappa shape index (κ3) is 6.99. The van der Waals surface area contributed by atoms with Crippen LogP contribution in [0.15, 0.2) is 18.6 Å². The first-order valence-electron chi connectivity index (χ1n) is 6.84. The van der Waals surface area contributed by atoms with Crippen LogP contribution in [0, 0.1) is 0 Å². The summed E-state index contributed by atoms with van der Waals surface area (Å²) in [7, 11) is 0. The lowest BCUT2D eigenvalue weighted by Crippen LogP contribution is -2.23. The first-order valence-corrected chi connectivity index (χ1v) is 6.84. The maximum absolute atomic E-state index is 11.0. The molecule has 0 radical (unpaired) electrons. The van der Waals surface area contributed by atoms with E-state index in [1.54, 1.807) is 12.5 Å². The number of rotatable bonds is 9. The van der Waals surface area contributed by atoms with Gasteiger partial charge in [0.2, 0.25) is 5.91 Å². The van der Waals surface area contributed by atoms with Crippen LogP contribution in [0.3, 0.4) is 0 Å². The standard InChI is InChI=1S/C14H23N3O/c1-2-14(18)16-10-7-5-3-4-6-8-13-9-11-15-12-17-13/h9,11-12H,2-8,10H2,1H3,(H,16,18). The van der Waals surface area contributed by atoms with Crippen LogP contribution in [0.2, 0.25) is 0 Å². The summed E-state index contributed by atoms with van der Waals surface area (Å²) in [6.45, 7) is 2.70. The van der Waals surface area contributed by atoms with E-state index in [0.29, 0.717) is 6.42 Å². The van der Waals surface area contributed by atoms with Crippen LogP contribution in [-0.2, 0) is 11.2 Å². The highest BCUT2D eigenvalue weighted by Crippen LogP contribution is 2.06. The lowest BCUT2D eigenvalue weighted by Gasteiger charge is -2.03. The van der Waals surface area contributed by atoms with Crippen LogP contribution < -0.4 is 5.32 Å². The minimum absolute atomic E-state index is 0.152. The molecule has 18 heavy (non-hydrogen) atoms. The summed E-state index contributed by atoms with van der Waals surface area (Å²) >= 11 is 0. The Bertz CT molecular complexity index is 327. The molecule has 0 atom stereocenters. The van der Waals surface area contributed by atoms with Gasteiger partial charge in [-0.2, -0.15) is 0 Å². The molecule has 0 aliphatic rings. The van der Waals surface area contributed by atoms with Gasteiger partial charge in [-0.05, 0) is 25.3 Å². The van der Waals surface area contributed by atoms with Crippen molar-refractivity contribution in [2.45, 2.75) is 51.9 Å². The number of unbranched alkanes of at least 4 members (excludes halogenated alkanes) is 4. The lowest BCUT2D eigenvalue weighted by atomic mass is 10.1. The molecule has 0 saturated carbocycles. The highest BCUT2D eigenvalue weighted by Gasteiger charge is 1.96. The van der Waals surface area contributed by atoms with Crippen molar-refractivity contribution in [3.63, 3.8) is 0 Å². The predicted octanol–water partition coefficient (Wildman–Crippen LogP) is 2.50. The molecule has 0 aromatic carbocycles. The molecule has 0 fully saturated rings. The molecule has 4 nitrogen and oxygen atoms in total. The third-order valence-corrected chi connectivity index (χ3v) is 2.90. The minimum Gasteiger partial charge on any atom is -0.356 e. The summed E-state index contributed by atoms with van der Waals surface area (Å²) in [6, 6.07) is 1.97. The number of aryl methyl sites for hydroxylation is 1. The van der Waals surface area contributed by atoms with Crippen LogP contribution in [0.5, 0.6) is 0 Å². The zero-order chi connectivity index (χ0) is 13.1. The number of nitrogens with zero attached hydrogens (tertiary/aromatic N) is 2. The molecule has 0 aliphatic heterocycles. The highest BCUT2D eigenvalue weighted by molar-refractivity contribution is 5.75. The predicted molar refractivity (Wildman–Crippen MR) is 72.1 cm³/mol. The largest absolute Gasteiger partial charge is 0.356 e. The fourth-order valence-electron chi connectivity index (χ4n) is 1.78. The Balaban J connectivity index is 1.89. The van der Waals surface area contributed by atoms with Crippen molar-refractivity contribution in [3.8, 4) is 0 Å². The van der Waals surface area contributed by atoms with E-state index < -0.39 is 0 Å².